The monoisotopic (exact) mass is 284 g/mol. The van der Waals surface area contributed by atoms with E-state index in [1.165, 1.54) is 0 Å². The third-order valence-electron chi connectivity index (χ3n) is 2.49. The van der Waals surface area contributed by atoms with Gasteiger partial charge in [0.15, 0.2) is 0 Å². The number of nitrogens with zero attached hydrogens (tertiary/aromatic N) is 2. The van der Waals surface area contributed by atoms with Gasteiger partial charge in [0.1, 0.15) is 6.54 Å². The molecule has 9 heteroatoms. The summed E-state index contributed by atoms with van der Waals surface area (Å²) in [6, 6.07) is -2.08. The average Bonchev–Trinajstić information content (AvgIpc) is 2.53. The maximum absolute atomic E-state index is 11.8. The van der Waals surface area contributed by atoms with Crippen LogP contribution in [0.2, 0.25) is 0 Å². The van der Waals surface area contributed by atoms with Crippen molar-refractivity contribution < 1.29 is 24.0 Å². The summed E-state index contributed by atoms with van der Waals surface area (Å²) in [4.78, 5) is 58.9. The highest BCUT2D eigenvalue weighted by Crippen LogP contribution is 2.14. The van der Waals surface area contributed by atoms with Crippen molar-refractivity contribution in [1.82, 2.24) is 20.4 Å². The summed E-state index contributed by atoms with van der Waals surface area (Å²) in [7, 11) is 0. The molecule has 2 N–H and O–H groups in total. The standard InChI is InChI=1S/C11H16N4O5/c1-4-12-10(19)13-7(16)5-14-8(17)9(18)15(6(2)3)11(14)20/h6H,4-5H2,1-3H3,(H2,12,13,16,19). The number of hydrogen-bond acceptors (Lipinski definition) is 5. The van der Waals surface area contributed by atoms with Gasteiger partial charge in [-0.15, -0.1) is 0 Å². The Kier molecular flexibility index (Phi) is 4.78. The number of carbonyl (C=O) groups is 5. The molecule has 0 aromatic rings. The van der Waals surface area contributed by atoms with Gasteiger partial charge in [0.25, 0.3) is 0 Å². The molecular weight excluding hydrogens is 268 g/mol. The summed E-state index contributed by atoms with van der Waals surface area (Å²) < 4.78 is 0. The van der Waals surface area contributed by atoms with Crippen LogP contribution in [0, 0.1) is 0 Å². The second-order valence-corrected chi connectivity index (χ2v) is 4.35. The first-order valence-electron chi connectivity index (χ1n) is 6.06. The van der Waals surface area contributed by atoms with Gasteiger partial charge in [-0.25, -0.2) is 14.5 Å². The SMILES string of the molecule is CCNC(=O)NC(=O)CN1C(=O)C(=O)N(C(C)C)C1=O. The molecule has 0 saturated carbocycles. The van der Waals surface area contributed by atoms with E-state index in [4.69, 9.17) is 0 Å². The predicted molar refractivity (Wildman–Crippen MR) is 66.3 cm³/mol. The number of hydrogen-bond donors (Lipinski definition) is 2. The normalized spacial score (nSPS) is 15.1. The minimum atomic E-state index is -1.07. The highest BCUT2D eigenvalue weighted by atomic mass is 16.2. The molecule has 110 valence electrons. The van der Waals surface area contributed by atoms with E-state index in [1.807, 2.05) is 5.32 Å². The van der Waals surface area contributed by atoms with Crippen LogP contribution in [-0.2, 0) is 14.4 Å². The van der Waals surface area contributed by atoms with E-state index >= 15 is 0 Å². The second-order valence-electron chi connectivity index (χ2n) is 4.35. The van der Waals surface area contributed by atoms with Crippen LogP contribution in [0.4, 0.5) is 9.59 Å². The molecule has 0 aromatic heterocycles. The Labute approximate surface area is 115 Å². The van der Waals surface area contributed by atoms with Crippen LogP contribution in [0.5, 0.6) is 0 Å². The van der Waals surface area contributed by atoms with Gasteiger partial charge in [-0.3, -0.25) is 24.6 Å². The van der Waals surface area contributed by atoms with Gasteiger partial charge in [0.05, 0.1) is 0 Å². The van der Waals surface area contributed by atoms with Crippen molar-refractivity contribution in [1.29, 1.82) is 0 Å². The van der Waals surface area contributed by atoms with E-state index in [9.17, 15) is 24.0 Å². The van der Waals surface area contributed by atoms with Crippen LogP contribution < -0.4 is 10.6 Å². The number of rotatable bonds is 4. The Morgan fingerprint density at radius 2 is 1.75 bits per heavy atom. The van der Waals surface area contributed by atoms with E-state index in [0.717, 1.165) is 4.90 Å². The molecule has 20 heavy (non-hydrogen) atoms. The molecular formula is C11H16N4O5. The van der Waals surface area contributed by atoms with E-state index in [2.05, 4.69) is 5.32 Å². The number of nitrogens with one attached hydrogen (secondary N) is 2. The lowest BCUT2D eigenvalue weighted by molar-refractivity contribution is -0.144. The molecule has 0 spiro atoms. The summed E-state index contributed by atoms with van der Waals surface area (Å²) in [5, 5.41) is 4.27. The summed E-state index contributed by atoms with van der Waals surface area (Å²) in [5.41, 5.74) is 0. The molecule has 1 aliphatic heterocycles. The van der Waals surface area contributed by atoms with Gasteiger partial charge in [-0.2, -0.15) is 0 Å². The lowest BCUT2D eigenvalue weighted by atomic mass is 10.3. The molecule has 0 aromatic carbocycles. The molecule has 0 atom stereocenters. The predicted octanol–water partition coefficient (Wildman–Crippen LogP) is -0.969. The molecule has 9 nitrogen and oxygen atoms in total. The topological polar surface area (TPSA) is 116 Å². The highest BCUT2D eigenvalue weighted by Gasteiger charge is 2.46. The molecule has 0 bridgehead atoms. The number of imide groups is 3. The van der Waals surface area contributed by atoms with E-state index in [0.29, 0.717) is 11.4 Å². The largest absolute Gasteiger partial charge is 0.338 e. The van der Waals surface area contributed by atoms with Crippen LogP contribution in [0.15, 0.2) is 0 Å². The third-order valence-corrected chi connectivity index (χ3v) is 2.49. The van der Waals surface area contributed by atoms with E-state index < -0.39 is 42.4 Å². The minimum Gasteiger partial charge on any atom is -0.338 e. The lowest BCUT2D eigenvalue weighted by Gasteiger charge is -2.18. The van der Waals surface area contributed by atoms with Crippen molar-refractivity contribution in [2.75, 3.05) is 13.1 Å². The number of amides is 7. The van der Waals surface area contributed by atoms with Crippen molar-refractivity contribution in [3.63, 3.8) is 0 Å². The van der Waals surface area contributed by atoms with Crippen LogP contribution in [-0.4, -0.2) is 58.7 Å². The van der Waals surface area contributed by atoms with Crippen molar-refractivity contribution in [2.45, 2.75) is 26.8 Å². The fourth-order valence-electron chi connectivity index (χ4n) is 1.63. The molecule has 1 heterocycles. The quantitative estimate of drug-likeness (QED) is 0.509. The van der Waals surface area contributed by atoms with Crippen LogP contribution in [0.25, 0.3) is 0 Å². The number of urea groups is 2. The highest BCUT2D eigenvalue weighted by molar-refractivity contribution is 6.45. The fraction of sp³-hybridized carbons (Fsp3) is 0.545. The molecule has 0 aliphatic carbocycles. The first kappa shape index (κ1) is 15.6. The van der Waals surface area contributed by atoms with Crippen molar-refractivity contribution >= 4 is 29.8 Å². The Morgan fingerprint density at radius 1 is 1.15 bits per heavy atom. The van der Waals surface area contributed by atoms with E-state index in [-0.39, 0.29) is 0 Å². The lowest BCUT2D eigenvalue weighted by Crippen LogP contribution is -2.46. The molecule has 1 saturated heterocycles. The summed E-state index contributed by atoms with van der Waals surface area (Å²) >= 11 is 0. The van der Waals surface area contributed by atoms with E-state index in [1.54, 1.807) is 20.8 Å². The Hall–Kier alpha value is -2.45. The first-order chi connectivity index (χ1) is 9.29. The van der Waals surface area contributed by atoms with Gasteiger partial charge in [0, 0.05) is 12.6 Å². The second kappa shape index (κ2) is 6.13. The minimum absolute atomic E-state index is 0.320. The van der Waals surface area contributed by atoms with Gasteiger partial charge >= 0.3 is 23.9 Å². The summed E-state index contributed by atoms with van der Waals surface area (Å²) in [5.74, 6) is -2.90. The smallest absolute Gasteiger partial charge is 0.334 e. The maximum Gasteiger partial charge on any atom is 0.334 e. The summed E-state index contributed by atoms with van der Waals surface area (Å²) in [6.45, 7) is 4.45. The summed E-state index contributed by atoms with van der Waals surface area (Å²) in [6.07, 6.45) is 0. The number of carbonyl (C=O) groups excluding carboxylic acids is 5. The Morgan fingerprint density at radius 3 is 2.20 bits per heavy atom. The van der Waals surface area contributed by atoms with Crippen molar-refractivity contribution in [2.24, 2.45) is 0 Å². The zero-order valence-corrected chi connectivity index (χ0v) is 11.4. The van der Waals surface area contributed by atoms with Crippen LogP contribution >= 0.6 is 0 Å². The zero-order valence-electron chi connectivity index (χ0n) is 11.4. The molecule has 0 radical (unpaired) electrons. The molecule has 1 fully saturated rings. The maximum atomic E-state index is 11.8. The molecule has 1 aliphatic rings. The Bertz CT molecular complexity index is 473. The van der Waals surface area contributed by atoms with Gasteiger partial charge in [0.2, 0.25) is 5.91 Å². The van der Waals surface area contributed by atoms with Crippen molar-refractivity contribution in [3.05, 3.63) is 0 Å². The van der Waals surface area contributed by atoms with Gasteiger partial charge in [-0.05, 0) is 20.8 Å². The van der Waals surface area contributed by atoms with Gasteiger partial charge in [-0.1, -0.05) is 0 Å². The van der Waals surface area contributed by atoms with Crippen LogP contribution in [0.1, 0.15) is 20.8 Å². The van der Waals surface area contributed by atoms with Crippen LogP contribution in [0.3, 0.4) is 0 Å². The van der Waals surface area contributed by atoms with Gasteiger partial charge < -0.3 is 5.32 Å². The molecule has 7 amide bonds. The molecule has 0 unspecified atom stereocenters. The Balaban J connectivity index is 2.71. The molecule has 1 rings (SSSR count). The third kappa shape index (κ3) is 3.11. The zero-order chi connectivity index (χ0) is 15.4. The average molecular weight is 284 g/mol. The first-order valence-corrected chi connectivity index (χ1v) is 6.06. The fourth-order valence-corrected chi connectivity index (χ4v) is 1.63. The van der Waals surface area contributed by atoms with Crippen molar-refractivity contribution in [3.8, 4) is 0 Å².